The van der Waals surface area contributed by atoms with Crippen LogP contribution in [0.3, 0.4) is 0 Å². The monoisotopic (exact) mass is 422 g/mol. The van der Waals surface area contributed by atoms with Crippen molar-refractivity contribution < 1.29 is 13.9 Å². The van der Waals surface area contributed by atoms with Crippen LogP contribution in [0.2, 0.25) is 0 Å². The van der Waals surface area contributed by atoms with Crippen LogP contribution in [0.4, 0.5) is 0 Å². The van der Waals surface area contributed by atoms with Crippen molar-refractivity contribution >= 4 is 39.9 Å². The Morgan fingerprint density at radius 1 is 1.30 bits per heavy atom. The minimum atomic E-state index is -0.570. The van der Waals surface area contributed by atoms with Gasteiger partial charge in [0, 0.05) is 29.1 Å². The lowest BCUT2D eigenvalue weighted by atomic mass is 9.75. The number of hydrogen-bond donors (Lipinski definition) is 2. The van der Waals surface area contributed by atoms with Crippen molar-refractivity contribution in [1.82, 2.24) is 10.4 Å². The number of pyridine rings is 1. The number of thiocarbonyl (C=S) groups is 1. The molecular formula is C22H22N4O3S. The molecule has 1 aliphatic carbocycles. The van der Waals surface area contributed by atoms with Gasteiger partial charge >= 0.3 is 5.97 Å². The van der Waals surface area contributed by atoms with Gasteiger partial charge in [-0.3, -0.25) is 10.4 Å². The molecule has 3 N–H and O–H groups in total. The first kappa shape index (κ1) is 20.0. The molecule has 2 aromatic heterocycles. The van der Waals surface area contributed by atoms with Gasteiger partial charge in [0.15, 0.2) is 10.9 Å². The average molecular weight is 423 g/mol. The van der Waals surface area contributed by atoms with E-state index in [4.69, 9.17) is 27.1 Å². The molecule has 154 valence electrons. The van der Waals surface area contributed by atoms with Crippen molar-refractivity contribution in [2.75, 3.05) is 0 Å². The second kappa shape index (κ2) is 7.53. The molecule has 0 radical (unpaired) electrons. The molecule has 4 rings (SSSR count). The summed E-state index contributed by atoms with van der Waals surface area (Å²) in [7, 11) is 0. The standard InChI is InChI=1S/C22H22N4O3S/c1-12-17-14(25-26-21(23)30)10-22(2,3)11-16(17)28-19(12)20(27)29-15-8-4-6-13-7-5-9-24-18(13)15/h4-9H,10-11H2,1-3H3,(H3,23,26,30)/b25-14-. The summed E-state index contributed by atoms with van der Waals surface area (Å²) >= 11 is 4.87. The first-order chi connectivity index (χ1) is 14.2. The number of carbonyl (C=O) groups excluding carboxylic acids is 1. The van der Waals surface area contributed by atoms with E-state index in [0.717, 1.165) is 16.7 Å². The molecule has 1 aromatic carbocycles. The molecule has 0 fully saturated rings. The Hall–Kier alpha value is -3.26. The van der Waals surface area contributed by atoms with Crippen LogP contribution in [-0.4, -0.2) is 21.8 Å². The number of aromatic nitrogens is 1. The SMILES string of the molecule is Cc1c(C(=O)Oc2cccc3cccnc23)oc2c1/C(=N\NC(N)=S)CC(C)(C)C2. The van der Waals surface area contributed by atoms with Gasteiger partial charge in [0.05, 0.1) is 5.71 Å². The third kappa shape index (κ3) is 3.78. The highest BCUT2D eigenvalue weighted by atomic mass is 32.1. The molecule has 0 spiro atoms. The van der Waals surface area contributed by atoms with Gasteiger partial charge < -0.3 is 14.9 Å². The van der Waals surface area contributed by atoms with Crippen LogP contribution >= 0.6 is 12.2 Å². The van der Waals surface area contributed by atoms with E-state index in [1.54, 1.807) is 12.3 Å². The number of esters is 1. The number of nitrogens with zero attached hydrogens (tertiary/aromatic N) is 2. The maximum absolute atomic E-state index is 13.0. The number of furan rings is 1. The van der Waals surface area contributed by atoms with E-state index >= 15 is 0 Å². The van der Waals surface area contributed by atoms with E-state index in [9.17, 15) is 4.79 Å². The summed E-state index contributed by atoms with van der Waals surface area (Å²) in [6, 6.07) is 9.20. The number of nitrogens with two attached hydrogens (primary N) is 1. The summed E-state index contributed by atoms with van der Waals surface area (Å²) in [5, 5.41) is 5.32. The van der Waals surface area contributed by atoms with Crippen molar-refractivity contribution in [2.45, 2.75) is 33.6 Å². The zero-order chi connectivity index (χ0) is 21.5. The molecule has 0 saturated carbocycles. The second-order valence-corrected chi connectivity index (χ2v) is 8.57. The molecule has 0 amide bonds. The van der Waals surface area contributed by atoms with Gasteiger partial charge in [0.1, 0.15) is 11.3 Å². The Morgan fingerprint density at radius 2 is 2.07 bits per heavy atom. The number of para-hydroxylation sites is 1. The number of carbonyl (C=O) groups is 1. The second-order valence-electron chi connectivity index (χ2n) is 8.13. The van der Waals surface area contributed by atoms with Crippen molar-refractivity contribution in [3.8, 4) is 5.75 Å². The maximum atomic E-state index is 13.0. The molecule has 7 nitrogen and oxygen atoms in total. The number of rotatable bonds is 3. The predicted molar refractivity (Wildman–Crippen MR) is 119 cm³/mol. The van der Waals surface area contributed by atoms with Gasteiger partial charge in [0.2, 0.25) is 5.76 Å². The van der Waals surface area contributed by atoms with E-state index in [1.165, 1.54) is 0 Å². The molecule has 0 aliphatic heterocycles. The van der Waals surface area contributed by atoms with Crippen LogP contribution in [0.5, 0.6) is 5.75 Å². The molecule has 0 bridgehead atoms. The van der Waals surface area contributed by atoms with Gasteiger partial charge in [-0.05, 0) is 43.1 Å². The summed E-state index contributed by atoms with van der Waals surface area (Å²) in [4.78, 5) is 17.3. The lowest BCUT2D eigenvalue weighted by molar-refractivity contribution is 0.0699. The Balaban J connectivity index is 1.71. The lowest BCUT2D eigenvalue weighted by Gasteiger charge is -2.29. The molecule has 8 heteroatoms. The number of benzene rings is 1. The fraction of sp³-hybridized carbons (Fsp3) is 0.273. The number of ether oxygens (including phenoxy) is 1. The van der Waals surface area contributed by atoms with E-state index in [0.29, 0.717) is 35.4 Å². The van der Waals surface area contributed by atoms with Gasteiger partial charge in [-0.1, -0.05) is 32.0 Å². The highest BCUT2D eigenvalue weighted by Crippen LogP contribution is 2.39. The van der Waals surface area contributed by atoms with Gasteiger partial charge in [-0.15, -0.1) is 0 Å². The van der Waals surface area contributed by atoms with Crippen LogP contribution in [0.15, 0.2) is 46.0 Å². The third-order valence-corrected chi connectivity index (χ3v) is 5.17. The van der Waals surface area contributed by atoms with Crippen molar-refractivity contribution in [2.24, 2.45) is 16.3 Å². The van der Waals surface area contributed by atoms with Gasteiger partial charge in [0.25, 0.3) is 0 Å². The van der Waals surface area contributed by atoms with E-state index in [1.807, 2.05) is 31.2 Å². The first-order valence-electron chi connectivity index (χ1n) is 9.56. The Morgan fingerprint density at radius 3 is 2.83 bits per heavy atom. The fourth-order valence-corrected chi connectivity index (χ4v) is 3.88. The smallest absolute Gasteiger partial charge is 0.380 e. The van der Waals surface area contributed by atoms with Crippen molar-refractivity contribution in [3.05, 3.63) is 59.2 Å². The Labute approximate surface area is 179 Å². The molecule has 0 saturated heterocycles. The number of hydrogen-bond acceptors (Lipinski definition) is 6. The quantitative estimate of drug-likeness (QED) is 0.286. The average Bonchev–Trinajstić information content (AvgIpc) is 3.01. The molecule has 0 unspecified atom stereocenters. The highest BCUT2D eigenvalue weighted by Gasteiger charge is 2.36. The van der Waals surface area contributed by atoms with Crippen LogP contribution in [-0.2, 0) is 6.42 Å². The normalized spacial score (nSPS) is 16.3. The molecule has 0 atom stereocenters. The molecule has 30 heavy (non-hydrogen) atoms. The zero-order valence-electron chi connectivity index (χ0n) is 17.0. The predicted octanol–water partition coefficient (Wildman–Crippen LogP) is 3.87. The van der Waals surface area contributed by atoms with Crippen LogP contribution in [0, 0.1) is 12.3 Å². The largest absolute Gasteiger partial charge is 0.453 e. The van der Waals surface area contributed by atoms with Crippen LogP contribution in [0.25, 0.3) is 10.9 Å². The van der Waals surface area contributed by atoms with Gasteiger partial charge in [-0.2, -0.15) is 5.10 Å². The summed E-state index contributed by atoms with van der Waals surface area (Å²) in [6.07, 6.45) is 3.03. The lowest BCUT2D eigenvalue weighted by Crippen LogP contribution is -2.31. The summed E-state index contributed by atoms with van der Waals surface area (Å²) in [5.41, 5.74) is 10.9. The minimum Gasteiger partial charge on any atom is -0.453 e. The fourth-order valence-electron chi connectivity index (χ4n) is 3.83. The number of nitrogens with one attached hydrogen (secondary N) is 1. The van der Waals surface area contributed by atoms with Crippen molar-refractivity contribution in [3.63, 3.8) is 0 Å². The minimum absolute atomic E-state index is 0.0802. The van der Waals surface area contributed by atoms with Crippen LogP contribution in [0.1, 0.15) is 47.7 Å². The molecular weight excluding hydrogens is 400 g/mol. The molecule has 1 aliphatic rings. The van der Waals surface area contributed by atoms with E-state index in [-0.39, 0.29) is 16.3 Å². The third-order valence-electron chi connectivity index (χ3n) is 5.08. The maximum Gasteiger partial charge on any atom is 0.380 e. The summed E-state index contributed by atoms with van der Waals surface area (Å²) in [5.74, 6) is 0.680. The Kier molecular flexibility index (Phi) is 5.03. The number of fused-ring (bicyclic) bond motifs is 2. The van der Waals surface area contributed by atoms with E-state index < -0.39 is 5.97 Å². The molecule has 2 heterocycles. The Bertz CT molecular complexity index is 1190. The van der Waals surface area contributed by atoms with E-state index in [2.05, 4.69) is 29.4 Å². The molecule has 3 aromatic rings. The van der Waals surface area contributed by atoms with Crippen molar-refractivity contribution in [1.29, 1.82) is 0 Å². The zero-order valence-corrected chi connectivity index (χ0v) is 17.8. The first-order valence-corrected chi connectivity index (χ1v) is 9.96. The highest BCUT2D eigenvalue weighted by molar-refractivity contribution is 7.80. The number of hydrazone groups is 1. The topological polar surface area (TPSA) is 103 Å². The van der Waals surface area contributed by atoms with Crippen LogP contribution < -0.4 is 15.9 Å². The summed E-state index contributed by atoms with van der Waals surface area (Å²) in [6.45, 7) is 6.06. The van der Waals surface area contributed by atoms with Gasteiger partial charge in [-0.25, -0.2) is 4.79 Å². The summed E-state index contributed by atoms with van der Waals surface area (Å²) < 4.78 is 11.7.